The predicted octanol–water partition coefficient (Wildman–Crippen LogP) is 16.4. The minimum Gasteiger partial charge on any atom is -0.456 e. The third kappa shape index (κ3) is 5.69. The van der Waals surface area contributed by atoms with Gasteiger partial charge >= 0.3 is 0 Å². The van der Waals surface area contributed by atoms with E-state index in [9.17, 15) is 0 Å². The van der Waals surface area contributed by atoms with Gasteiger partial charge in [-0.3, -0.25) is 0 Å². The Labute approximate surface area is 394 Å². The maximum atomic E-state index is 6.87. The maximum absolute atomic E-state index is 6.87. The van der Waals surface area contributed by atoms with Gasteiger partial charge in [-0.1, -0.05) is 158 Å². The van der Waals surface area contributed by atoms with Crippen molar-refractivity contribution < 1.29 is 4.42 Å². The highest BCUT2D eigenvalue weighted by molar-refractivity contribution is 6.19. The monoisotopic (exact) mass is 879 g/mol. The molecule has 6 nitrogen and oxygen atoms in total. The fourth-order valence-electron chi connectivity index (χ4n) is 11.0. The Morgan fingerprint density at radius 1 is 0.319 bits per heavy atom. The summed E-state index contributed by atoms with van der Waals surface area (Å²) >= 11 is 0. The maximum Gasteiger partial charge on any atom is 0.166 e. The SMILES string of the molecule is c1ccc(-n2c3ccccc3c3cccc(-c4nc(-c5cc(-n6c7cc8ccccc8cc7c7cc8ccccc8cc76)c6c(c5)oc5ccccc56)nc(-c5cccc6ccccc56)n4)c32)cc1. The van der Waals surface area contributed by atoms with Crippen molar-refractivity contribution in [1.29, 1.82) is 0 Å². The number of fused-ring (bicyclic) bond motifs is 12. The summed E-state index contributed by atoms with van der Waals surface area (Å²) in [5, 5.41) is 13.6. The topological polar surface area (TPSA) is 61.7 Å². The van der Waals surface area contributed by atoms with Gasteiger partial charge < -0.3 is 13.6 Å². The summed E-state index contributed by atoms with van der Waals surface area (Å²) in [6.07, 6.45) is 0. The van der Waals surface area contributed by atoms with Crippen molar-refractivity contribution in [2.75, 3.05) is 0 Å². The van der Waals surface area contributed by atoms with E-state index in [0.717, 1.165) is 93.6 Å². The van der Waals surface area contributed by atoms with Gasteiger partial charge in [0, 0.05) is 49.3 Å². The van der Waals surface area contributed by atoms with Crippen LogP contribution in [0.5, 0.6) is 0 Å². The lowest BCUT2D eigenvalue weighted by atomic mass is 10.0. The van der Waals surface area contributed by atoms with Crippen molar-refractivity contribution in [2.24, 2.45) is 0 Å². The largest absolute Gasteiger partial charge is 0.456 e. The van der Waals surface area contributed by atoms with E-state index < -0.39 is 0 Å². The number of benzene rings is 11. The van der Waals surface area contributed by atoms with Crippen molar-refractivity contribution >= 4 is 97.9 Å². The number of hydrogen-bond acceptors (Lipinski definition) is 4. The number of hydrogen-bond donors (Lipinski definition) is 0. The summed E-state index contributed by atoms with van der Waals surface area (Å²) < 4.78 is 11.7. The smallest absolute Gasteiger partial charge is 0.166 e. The molecule has 0 saturated carbocycles. The van der Waals surface area contributed by atoms with Gasteiger partial charge in [0.1, 0.15) is 11.2 Å². The molecule has 0 bridgehead atoms. The molecule has 11 aromatic carbocycles. The van der Waals surface area contributed by atoms with E-state index in [4.69, 9.17) is 19.4 Å². The highest BCUT2D eigenvalue weighted by Crippen LogP contribution is 2.44. The summed E-state index contributed by atoms with van der Waals surface area (Å²) in [6.45, 7) is 0. The van der Waals surface area contributed by atoms with Crippen LogP contribution in [-0.2, 0) is 0 Å². The quantitative estimate of drug-likeness (QED) is 0.173. The van der Waals surface area contributed by atoms with Crippen LogP contribution in [0.3, 0.4) is 0 Å². The average Bonchev–Trinajstić information content (AvgIpc) is 4.06. The minimum atomic E-state index is 0.544. The molecule has 0 unspecified atom stereocenters. The lowest BCUT2D eigenvalue weighted by Gasteiger charge is -2.15. The second kappa shape index (κ2) is 14.6. The van der Waals surface area contributed by atoms with Crippen LogP contribution in [0.1, 0.15) is 0 Å². The van der Waals surface area contributed by atoms with E-state index in [2.05, 4.69) is 228 Å². The van der Waals surface area contributed by atoms with Gasteiger partial charge in [-0.15, -0.1) is 0 Å². The van der Waals surface area contributed by atoms with Crippen LogP contribution in [0.15, 0.2) is 229 Å². The Morgan fingerprint density at radius 2 is 0.855 bits per heavy atom. The van der Waals surface area contributed by atoms with Crippen LogP contribution >= 0.6 is 0 Å². The van der Waals surface area contributed by atoms with Crippen LogP contribution in [0, 0.1) is 0 Å². The number of para-hydroxylation sites is 4. The molecule has 4 heterocycles. The first kappa shape index (κ1) is 37.8. The molecule has 4 aromatic heterocycles. The number of aromatic nitrogens is 5. The number of rotatable bonds is 5. The molecule has 69 heavy (non-hydrogen) atoms. The third-order valence-corrected chi connectivity index (χ3v) is 14.1. The highest BCUT2D eigenvalue weighted by Gasteiger charge is 2.24. The molecular formula is C63H37N5O. The van der Waals surface area contributed by atoms with Crippen LogP contribution in [-0.4, -0.2) is 24.1 Å². The first-order valence-electron chi connectivity index (χ1n) is 23.3. The van der Waals surface area contributed by atoms with Gasteiger partial charge in [0.15, 0.2) is 17.5 Å². The highest BCUT2D eigenvalue weighted by atomic mass is 16.3. The van der Waals surface area contributed by atoms with E-state index >= 15 is 0 Å². The van der Waals surface area contributed by atoms with Gasteiger partial charge in [0.25, 0.3) is 0 Å². The second-order valence-corrected chi connectivity index (χ2v) is 18.0. The second-order valence-electron chi connectivity index (χ2n) is 18.0. The van der Waals surface area contributed by atoms with E-state index in [1.54, 1.807) is 0 Å². The first-order chi connectivity index (χ1) is 34.2. The third-order valence-electron chi connectivity index (χ3n) is 14.1. The summed E-state index contributed by atoms with van der Waals surface area (Å²) in [5.41, 5.74) is 10.6. The number of furan rings is 1. The van der Waals surface area contributed by atoms with E-state index in [1.807, 2.05) is 6.07 Å². The van der Waals surface area contributed by atoms with Crippen LogP contribution in [0.25, 0.3) is 143 Å². The standard InChI is InChI=1S/C63H37N5O/c1-2-22-44(23-3-1)67-53-30-12-10-25-46(53)47-27-15-29-50(60(47)67)63-65-61(64-62(66-63)48-28-14-21-38-16-8-9-24-45(38)48)43-36-56(59-49-26-11-13-31-57(49)69-58(59)37-43)68-54-34-41-19-6-4-17-39(41)32-51(54)52-33-40-18-5-7-20-42(40)35-55(52)68/h1-37H. The lowest BCUT2D eigenvalue weighted by Crippen LogP contribution is -2.03. The van der Waals surface area contributed by atoms with Gasteiger partial charge in [0.05, 0.1) is 33.1 Å². The van der Waals surface area contributed by atoms with Gasteiger partial charge in [-0.2, -0.15) is 0 Å². The molecule has 0 spiro atoms. The van der Waals surface area contributed by atoms with Crippen molar-refractivity contribution in [1.82, 2.24) is 24.1 Å². The summed E-state index contributed by atoms with van der Waals surface area (Å²) in [6, 6.07) is 79.8. The fourth-order valence-corrected chi connectivity index (χ4v) is 11.0. The van der Waals surface area contributed by atoms with E-state index in [1.165, 1.54) is 32.3 Å². The lowest BCUT2D eigenvalue weighted by molar-refractivity contribution is 0.669. The normalized spacial score (nSPS) is 12.1. The van der Waals surface area contributed by atoms with Crippen molar-refractivity contribution in [3.63, 3.8) is 0 Å². The Bertz CT molecular complexity index is 4520. The Hall–Kier alpha value is -9.39. The molecule has 0 amide bonds. The zero-order chi connectivity index (χ0) is 45.2. The molecule has 0 atom stereocenters. The first-order valence-corrected chi connectivity index (χ1v) is 23.3. The molecule has 15 rings (SSSR count). The predicted molar refractivity (Wildman–Crippen MR) is 285 cm³/mol. The van der Waals surface area contributed by atoms with Crippen LogP contribution in [0.2, 0.25) is 0 Å². The summed E-state index contributed by atoms with van der Waals surface area (Å²) in [7, 11) is 0. The molecule has 0 N–H and O–H groups in total. The molecule has 15 aromatic rings. The minimum absolute atomic E-state index is 0.544. The average molecular weight is 880 g/mol. The Balaban J connectivity index is 1.07. The van der Waals surface area contributed by atoms with E-state index in [0.29, 0.717) is 17.5 Å². The van der Waals surface area contributed by atoms with Crippen LogP contribution < -0.4 is 0 Å². The fraction of sp³-hybridized carbons (Fsp3) is 0. The molecule has 0 radical (unpaired) electrons. The number of nitrogens with zero attached hydrogens (tertiary/aromatic N) is 5. The molecule has 0 saturated heterocycles. The summed E-state index contributed by atoms with van der Waals surface area (Å²) in [5.74, 6) is 1.71. The van der Waals surface area contributed by atoms with Crippen molar-refractivity contribution in [3.8, 4) is 45.5 Å². The molecule has 0 aliphatic rings. The Kier molecular flexibility index (Phi) is 7.97. The Morgan fingerprint density at radius 3 is 1.59 bits per heavy atom. The zero-order valence-corrected chi connectivity index (χ0v) is 37.0. The summed E-state index contributed by atoms with van der Waals surface area (Å²) in [4.78, 5) is 16.5. The molecule has 0 aliphatic heterocycles. The van der Waals surface area contributed by atoms with Crippen molar-refractivity contribution in [3.05, 3.63) is 224 Å². The van der Waals surface area contributed by atoms with Gasteiger partial charge in [-0.25, -0.2) is 15.0 Å². The van der Waals surface area contributed by atoms with Crippen LogP contribution in [0.4, 0.5) is 0 Å². The van der Waals surface area contributed by atoms with E-state index in [-0.39, 0.29) is 0 Å². The van der Waals surface area contributed by atoms with Gasteiger partial charge in [0.2, 0.25) is 0 Å². The molecule has 320 valence electrons. The molecule has 0 aliphatic carbocycles. The zero-order valence-electron chi connectivity index (χ0n) is 37.0. The molecular weight excluding hydrogens is 843 g/mol. The van der Waals surface area contributed by atoms with Gasteiger partial charge in [-0.05, 0) is 99.0 Å². The van der Waals surface area contributed by atoms with Crippen molar-refractivity contribution in [2.45, 2.75) is 0 Å². The molecule has 0 fully saturated rings. The molecule has 6 heteroatoms.